The van der Waals surface area contributed by atoms with Crippen LogP contribution in [0.25, 0.3) is 5.69 Å². The molecule has 0 radical (unpaired) electrons. The van der Waals surface area contributed by atoms with Crippen molar-refractivity contribution in [2.75, 3.05) is 0 Å². The average molecular weight is 458 g/mol. The second-order valence-corrected chi connectivity index (χ2v) is 8.22. The Hall–Kier alpha value is -3.67. The highest BCUT2D eigenvalue weighted by atomic mass is 35.5. The third-order valence-corrected chi connectivity index (χ3v) is 5.85. The summed E-state index contributed by atoms with van der Waals surface area (Å²) in [5, 5.41) is 16.3. The molecule has 5 nitrogen and oxygen atoms in total. The SMILES string of the molecule is Cc1cc(C=NNC(=O)C(O)(c2ccccc2)c2ccccc2)c(C)n1-c1cccc(Cl)c1. The first-order chi connectivity index (χ1) is 15.9. The van der Waals surface area contributed by atoms with E-state index < -0.39 is 11.5 Å². The van der Waals surface area contributed by atoms with E-state index in [-0.39, 0.29) is 0 Å². The zero-order valence-electron chi connectivity index (χ0n) is 18.4. The van der Waals surface area contributed by atoms with Crippen LogP contribution in [0.4, 0.5) is 0 Å². The fourth-order valence-corrected chi connectivity index (χ4v) is 4.14. The summed E-state index contributed by atoms with van der Waals surface area (Å²) in [5.74, 6) is -0.639. The molecule has 33 heavy (non-hydrogen) atoms. The molecule has 2 N–H and O–H groups in total. The number of hydrogen-bond donors (Lipinski definition) is 2. The number of benzene rings is 3. The van der Waals surface area contributed by atoms with Crippen molar-refractivity contribution in [3.8, 4) is 5.69 Å². The third-order valence-electron chi connectivity index (χ3n) is 5.62. The van der Waals surface area contributed by atoms with Crippen molar-refractivity contribution in [3.05, 3.63) is 124 Å². The lowest BCUT2D eigenvalue weighted by molar-refractivity contribution is -0.136. The van der Waals surface area contributed by atoms with Crippen molar-refractivity contribution < 1.29 is 9.90 Å². The lowest BCUT2D eigenvalue weighted by Gasteiger charge is -2.27. The minimum atomic E-state index is -1.88. The fourth-order valence-electron chi connectivity index (χ4n) is 3.96. The van der Waals surface area contributed by atoms with Gasteiger partial charge in [-0.3, -0.25) is 4.79 Å². The molecule has 4 aromatic rings. The number of hydrazone groups is 1. The van der Waals surface area contributed by atoms with E-state index in [4.69, 9.17) is 11.6 Å². The minimum absolute atomic E-state index is 0.461. The summed E-state index contributed by atoms with van der Waals surface area (Å²) < 4.78 is 2.07. The quantitative estimate of drug-likeness (QED) is 0.311. The lowest BCUT2D eigenvalue weighted by atomic mass is 9.85. The van der Waals surface area contributed by atoms with Gasteiger partial charge in [-0.2, -0.15) is 5.10 Å². The van der Waals surface area contributed by atoms with Crippen LogP contribution in [0.5, 0.6) is 0 Å². The molecule has 1 amide bonds. The van der Waals surface area contributed by atoms with E-state index in [2.05, 4.69) is 15.1 Å². The molecule has 4 rings (SSSR count). The van der Waals surface area contributed by atoms with Crippen LogP contribution >= 0.6 is 11.6 Å². The molecule has 0 fully saturated rings. The molecule has 1 heterocycles. The van der Waals surface area contributed by atoms with Gasteiger partial charge < -0.3 is 9.67 Å². The molecular formula is C27H24ClN3O2. The summed E-state index contributed by atoms with van der Waals surface area (Å²) in [4.78, 5) is 13.2. The highest BCUT2D eigenvalue weighted by molar-refractivity contribution is 6.30. The van der Waals surface area contributed by atoms with Crippen LogP contribution in [0.1, 0.15) is 28.1 Å². The van der Waals surface area contributed by atoms with Gasteiger partial charge >= 0.3 is 0 Å². The Morgan fingerprint density at radius 3 is 2.12 bits per heavy atom. The van der Waals surface area contributed by atoms with Crippen LogP contribution in [0.2, 0.25) is 5.02 Å². The zero-order valence-corrected chi connectivity index (χ0v) is 19.1. The number of aryl methyl sites for hydroxylation is 1. The Labute approximate surface area is 198 Å². The molecule has 0 atom stereocenters. The lowest BCUT2D eigenvalue weighted by Crippen LogP contribution is -2.43. The van der Waals surface area contributed by atoms with Crippen LogP contribution in [0.3, 0.4) is 0 Å². The predicted molar refractivity (Wildman–Crippen MR) is 132 cm³/mol. The predicted octanol–water partition coefficient (Wildman–Crippen LogP) is 5.13. The number of aliphatic hydroxyl groups is 1. The van der Waals surface area contributed by atoms with Crippen LogP contribution in [-0.2, 0) is 10.4 Å². The number of amides is 1. The van der Waals surface area contributed by atoms with Gasteiger partial charge in [-0.15, -0.1) is 0 Å². The van der Waals surface area contributed by atoms with Crippen LogP contribution in [-0.4, -0.2) is 21.8 Å². The van der Waals surface area contributed by atoms with E-state index in [0.717, 1.165) is 22.6 Å². The highest BCUT2D eigenvalue weighted by Gasteiger charge is 2.39. The molecule has 0 spiro atoms. The number of aromatic nitrogens is 1. The van der Waals surface area contributed by atoms with Gasteiger partial charge in [0.05, 0.1) is 6.21 Å². The summed E-state index contributed by atoms with van der Waals surface area (Å²) in [6.07, 6.45) is 1.58. The maximum Gasteiger partial charge on any atom is 0.281 e. The number of carbonyl (C=O) groups excluding carboxylic acids is 1. The molecule has 0 unspecified atom stereocenters. The first-order valence-corrected chi connectivity index (χ1v) is 10.9. The van der Waals surface area contributed by atoms with E-state index >= 15 is 0 Å². The van der Waals surface area contributed by atoms with E-state index in [1.807, 2.05) is 56.3 Å². The molecule has 0 aliphatic rings. The number of nitrogens with zero attached hydrogens (tertiary/aromatic N) is 2. The molecule has 0 aliphatic carbocycles. The Bertz CT molecular complexity index is 1260. The number of rotatable bonds is 6. The van der Waals surface area contributed by atoms with E-state index in [9.17, 15) is 9.90 Å². The summed E-state index contributed by atoms with van der Waals surface area (Å²) in [7, 11) is 0. The van der Waals surface area contributed by atoms with Crippen molar-refractivity contribution in [2.45, 2.75) is 19.4 Å². The highest BCUT2D eigenvalue weighted by Crippen LogP contribution is 2.30. The summed E-state index contributed by atoms with van der Waals surface area (Å²) in [6.45, 7) is 3.97. The Morgan fingerprint density at radius 1 is 0.939 bits per heavy atom. The van der Waals surface area contributed by atoms with Gasteiger partial charge in [0.15, 0.2) is 5.60 Å². The van der Waals surface area contributed by atoms with E-state index in [1.165, 1.54) is 0 Å². The number of halogens is 1. The fraction of sp³-hybridized carbons (Fsp3) is 0.111. The first kappa shape index (κ1) is 22.5. The van der Waals surface area contributed by atoms with Gasteiger partial charge in [0.2, 0.25) is 0 Å². The van der Waals surface area contributed by atoms with Gasteiger partial charge in [0.1, 0.15) is 0 Å². The zero-order chi connectivity index (χ0) is 23.4. The third kappa shape index (κ3) is 4.46. The molecule has 166 valence electrons. The molecule has 0 saturated heterocycles. The summed E-state index contributed by atoms with van der Waals surface area (Å²) >= 11 is 6.16. The maximum atomic E-state index is 13.2. The van der Waals surface area contributed by atoms with Crippen molar-refractivity contribution >= 4 is 23.7 Å². The molecule has 6 heteroatoms. The topological polar surface area (TPSA) is 66.6 Å². The Morgan fingerprint density at radius 2 is 1.55 bits per heavy atom. The summed E-state index contributed by atoms with van der Waals surface area (Å²) in [5.41, 5.74) is 5.32. The van der Waals surface area contributed by atoms with Crippen molar-refractivity contribution in [3.63, 3.8) is 0 Å². The number of nitrogens with one attached hydrogen (secondary N) is 1. The molecule has 3 aromatic carbocycles. The van der Waals surface area contributed by atoms with Gasteiger partial charge in [0.25, 0.3) is 5.91 Å². The van der Waals surface area contributed by atoms with E-state index in [1.54, 1.807) is 54.7 Å². The number of hydrogen-bond acceptors (Lipinski definition) is 3. The van der Waals surface area contributed by atoms with Crippen LogP contribution in [0, 0.1) is 13.8 Å². The standard InChI is InChI=1S/C27H24ClN3O2/c1-19-16-21(20(2)31(19)25-15-9-14-24(28)17-25)18-29-30-26(32)27(33,22-10-5-3-6-11-22)23-12-7-4-8-13-23/h3-18,33H,1-2H3,(H,30,32). The largest absolute Gasteiger partial charge is 0.372 e. The Balaban J connectivity index is 1.61. The second kappa shape index (κ2) is 9.45. The van der Waals surface area contributed by atoms with Crippen molar-refractivity contribution in [1.82, 2.24) is 9.99 Å². The smallest absolute Gasteiger partial charge is 0.281 e. The minimum Gasteiger partial charge on any atom is -0.372 e. The van der Waals surface area contributed by atoms with Gasteiger partial charge in [0, 0.05) is 27.7 Å². The number of carbonyl (C=O) groups is 1. The van der Waals surface area contributed by atoms with Crippen LogP contribution in [0.15, 0.2) is 96.1 Å². The molecule has 0 saturated carbocycles. The van der Waals surface area contributed by atoms with E-state index in [0.29, 0.717) is 16.1 Å². The second-order valence-electron chi connectivity index (χ2n) is 7.78. The summed E-state index contributed by atoms with van der Waals surface area (Å²) in [6, 6.07) is 27.3. The van der Waals surface area contributed by atoms with Crippen molar-refractivity contribution in [1.29, 1.82) is 0 Å². The van der Waals surface area contributed by atoms with Crippen molar-refractivity contribution in [2.24, 2.45) is 5.10 Å². The molecule has 0 bridgehead atoms. The maximum absolute atomic E-state index is 13.2. The Kier molecular flexibility index (Phi) is 6.45. The average Bonchev–Trinajstić information content (AvgIpc) is 3.12. The first-order valence-electron chi connectivity index (χ1n) is 10.5. The molecule has 1 aromatic heterocycles. The molecule has 0 aliphatic heterocycles. The van der Waals surface area contributed by atoms with Gasteiger partial charge in [-0.1, -0.05) is 78.3 Å². The van der Waals surface area contributed by atoms with Gasteiger partial charge in [-0.25, -0.2) is 5.43 Å². The van der Waals surface area contributed by atoms with Gasteiger partial charge in [-0.05, 0) is 49.2 Å². The molecular weight excluding hydrogens is 434 g/mol. The normalized spacial score (nSPS) is 11.6. The van der Waals surface area contributed by atoms with Crippen LogP contribution < -0.4 is 5.43 Å². The monoisotopic (exact) mass is 457 g/mol.